The lowest BCUT2D eigenvalue weighted by atomic mass is 9.81. The van der Waals surface area contributed by atoms with Crippen molar-refractivity contribution in [1.29, 1.82) is 0 Å². The predicted octanol–water partition coefficient (Wildman–Crippen LogP) is 3.96. The van der Waals surface area contributed by atoms with Crippen molar-refractivity contribution in [2.45, 2.75) is 27.7 Å². The number of pyridine rings is 1. The van der Waals surface area contributed by atoms with Crippen LogP contribution in [0.3, 0.4) is 0 Å². The Morgan fingerprint density at radius 2 is 2.00 bits per heavy atom. The van der Waals surface area contributed by atoms with Crippen LogP contribution in [0.1, 0.15) is 33.3 Å². The van der Waals surface area contributed by atoms with Crippen molar-refractivity contribution >= 4 is 33.8 Å². The van der Waals surface area contributed by atoms with Gasteiger partial charge in [0.05, 0.1) is 16.8 Å². The quantitative estimate of drug-likeness (QED) is 0.821. The van der Waals surface area contributed by atoms with Gasteiger partial charge >= 0.3 is 0 Å². The maximum Gasteiger partial charge on any atom is 0.107 e. The van der Waals surface area contributed by atoms with Crippen molar-refractivity contribution in [3.8, 4) is 0 Å². The summed E-state index contributed by atoms with van der Waals surface area (Å²) >= 11 is 5.17. The molecule has 0 radical (unpaired) electrons. The second kappa shape index (κ2) is 5.98. The largest absolute Gasteiger partial charge is 0.389 e. The van der Waals surface area contributed by atoms with E-state index >= 15 is 0 Å². The monoisotopic (exact) mass is 301 g/mol. The van der Waals surface area contributed by atoms with Gasteiger partial charge < -0.3 is 11.1 Å². The molecule has 0 aliphatic rings. The number of anilines is 1. The van der Waals surface area contributed by atoms with Crippen LogP contribution >= 0.6 is 12.2 Å². The Hall–Kier alpha value is -1.68. The first-order chi connectivity index (χ1) is 9.83. The van der Waals surface area contributed by atoms with Gasteiger partial charge in [-0.3, -0.25) is 4.98 Å². The van der Waals surface area contributed by atoms with Crippen molar-refractivity contribution in [3.63, 3.8) is 0 Å². The molecular formula is C17H23N3S. The van der Waals surface area contributed by atoms with Crippen LogP contribution in [0.15, 0.2) is 30.5 Å². The smallest absolute Gasteiger partial charge is 0.107 e. The minimum absolute atomic E-state index is 0.178. The normalized spacial score (nSPS) is 11.9. The Balaban J connectivity index is 2.45. The lowest BCUT2D eigenvalue weighted by Crippen LogP contribution is -2.29. The fourth-order valence-corrected chi connectivity index (χ4v) is 2.19. The Morgan fingerprint density at radius 3 is 2.62 bits per heavy atom. The molecule has 0 amide bonds. The third-order valence-corrected chi connectivity index (χ3v) is 4.54. The van der Waals surface area contributed by atoms with Crippen LogP contribution in [0.5, 0.6) is 0 Å². The number of rotatable bonds is 5. The van der Waals surface area contributed by atoms with Gasteiger partial charge in [0.2, 0.25) is 0 Å². The number of aromatic nitrogens is 1. The standard InChI is InChI=1S/C17H23N3S/c1-11(2)17(3,4)10-20-15-12-7-5-6-8-14(12)19-9-13(15)16(18)21/h5-9,11H,10H2,1-4H3,(H2,18,21)(H,19,20). The predicted molar refractivity (Wildman–Crippen MR) is 94.7 cm³/mol. The SMILES string of the molecule is CC(C)C(C)(C)CNc1c(C(N)=S)cnc2ccccc12. The summed E-state index contributed by atoms with van der Waals surface area (Å²) < 4.78 is 0. The molecule has 1 aromatic carbocycles. The summed E-state index contributed by atoms with van der Waals surface area (Å²) in [5, 5.41) is 4.61. The van der Waals surface area contributed by atoms with E-state index in [-0.39, 0.29) is 5.41 Å². The highest BCUT2D eigenvalue weighted by Gasteiger charge is 2.23. The highest BCUT2D eigenvalue weighted by Crippen LogP contribution is 2.30. The Morgan fingerprint density at radius 1 is 1.33 bits per heavy atom. The molecule has 0 unspecified atom stereocenters. The Kier molecular flexibility index (Phi) is 4.47. The van der Waals surface area contributed by atoms with Crippen LogP contribution in [0.25, 0.3) is 10.9 Å². The molecule has 2 rings (SSSR count). The van der Waals surface area contributed by atoms with Crippen molar-refractivity contribution in [2.24, 2.45) is 17.1 Å². The fourth-order valence-electron chi connectivity index (χ4n) is 2.04. The molecule has 1 aromatic heterocycles. The highest BCUT2D eigenvalue weighted by molar-refractivity contribution is 7.80. The summed E-state index contributed by atoms with van der Waals surface area (Å²) in [4.78, 5) is 4.81. The first-order valence-corrected chi connectivity index (χ1v) is 7.65. The van der Waals surface area contributed by atoms with E-state index in [0.717, 1.165) is 28.7 Å². The summed E-state index contributed by atoms with van der Waals surface area (Å²) in [7, 11) is 0. The zero-order chi connectivity index (χ0) is 15.6. The molecule has 0 fully saturated rings. The van der Waals surface area contributed by atoms with Crippen LogP contribution in [0.2, 0.25) is 0 Å². The number of nitrogens with two attached hydrogens (primary N) is 1. The molecule has 21 heavy (non-hydrogen) atoms. The molecular weight excluding hydrogens is 278 g/mol. The fraction of sp³-hybridized carbons (Fsp3) is 0.412. The van der Waals surface area contributed by atoms with E-state index in [2.05, 4.69) is 44.1 Å². The van der Waals surface area contributed by atoms with E-state index in [1.165, 1.54) is 0 Å². The highest BCUT2D eigenvalue weighted by atomic mass is 32.1. The molecule has 0 spiro atoms. The summed E-state index contributed by atoms with van der Waals surface area (Å²) in [5.41, 5.74) is 8.78. The molecule has 0 bridgehead atoms. The summed E-state index contributed by atoms with van der Waals surface area (Å²) in [6.45, 7) is 9.85. The molecule has 4 heteroatoms. The number of nitrogens with zero attached hydrogens (tertiary/aromatic N) is 1. The summed E-state index contributed by atoms with van der Waals surface area (Å²) in [6.07, 6.45) is 1.76. The molecule has 0 aliphatic heterocycles. The van der Waals surface area contributed by atoms with Crippen molar-refractivity contribution < 1.29 is 0 Å². The topological polar surface area (TPSA) is 50.9 Å². The molecule has 3 nitrogen and oxygen atoms in total. The maximum atomic E-state index is 5.86. The first kappa shape index (κ1) is 15.7. The van der Waals surface area contributed by atoms with Crippen LogP contribution in [-0.4, -0.2) is 16.5 Å². The van der Waals surface area contributed by atoms with Gasteiger partial charge in [-0.05, 0) is 17.4 Å². The molecule has 0 saturated carbocycles. The van der Waals surface area contributed by atoms with E-state index in [1.807, 2.05) is 18.2 Å². The van der Waals surface area contributed by atoms with E-state index in [1.54, 1.807) is 6.20 Å². The molecule has 112 valence electrons. The summed E-state index contributed by atoms with van der Waals surface area (Å²) in [6, 6.07) is 8.04. The minimum Gasteiger partial charge on any atom is -0.389 e. The number of hydrogen-bond donors (Lipinski definition) is 2. The van der Waals surface area contributed by atoms with Crippen LogP contribution < -0.4 is 11.1 Å². The molecule has 3 N–H and O–H groups in total. The maximum absolute atomic E-state index is 5.86. The third-order valence-electron chi connectivity index (χ3n) is 4.32. The van der Waals surface area contributed by atoms with Gasteiger partial charge in [0.15, 0.2) is 0 Å². The molecule has 0 saturated heterocycles. The number of hydrogen-bond acceptors (Lipinski definition) is 3. The zero-order valence-corrected chi connectivity index (χ0v) is 13.9. The van der Waals surface area contributed by atoms with Crippen molar-refractivity contribution in [2.75, 3.05) is 11.9 Å². The van der Waals surface area contributed by atoms with Crippen LogP contribution in [0.4, 0.5) is 5.69 Å². The number of benzene rings is 1. The van der Waals surface area contributed by atoms with E-state index < -0.39 is 0 Å². The van der Waals surface area contributed by atoms with Gasteiger partial charge in [-0.2, -0.15) is 0 Å². The van der Waals surface area contributed by atoms with E-state index in [4.69, 9.17) is 18.0 Å². The summed E-state index contributed by atoms with van der Waals surface area (Å²) in [5.74, 6) is 0.575. The van der Waals surface area contributed by atoms with Crippen molar-refractivity contribution in [3.05, 3.63) is 36.0 Å². The van der Waals surface area contributed by atoms with Gasteiger partial charge in [0.25, 0.3) is 0 Å². The number of para-hydroxylation sites is 1. The Bertz CT molecular complexity index is 662. The van der Waals surface area contributed by atoms with Gasteiger partial charge in [0, 0.05) is 18.1 Å². The number of thiocarbonyl (C=S) groups is 1. The molecule has 1 heterocycles. The van der Waals surface area contributed by atoms with Crippen LogP contribution in [-0.2, 0) is 0 Å². The van der Waals surface area contributed by atoms with Gasteiger partial charge in [-0.1, -0.05) is 58.1 Å². The lowest BCUT2D eigenvalue weighted by molar-refractivity contribution is 0.270. The zero-order valence-electron chi connectivity index (χ0n) is 13.1. The van der Waals surface area contributed by atoms with Crippen LogP contribution in [0, 0.1) is 11.3 Å². The average molecular weight is 301 g/mol. The van der Waals surface area contributed by atoms with Gasteiger partial charge in [-0.25, -0.2) is 0 Å². The lowest BCUT2D eigenvalue weighted by Gasteiger charge is -2.30. The van der Waals surface area contributed by atoms with Gasteiger partial charge in [-0.15, -0.1) is 0 Å². The van der Waals surface area contributed by atoms with Gasteiger partial charge in [0.1, 0.15) is 4.99 Å². The van der Waals surface area contributed by atoms with E-state index in [0.29, 0.717) is 10.9 Å². The first-order valence-electron chi connectivity index (χ1n) is 7.24. The van der Waals surface area contributed by atoms with E-state index in [9.17, 15) is 0 Å². The second-order valence-corrected chi connectivity index (χ2v) is 6.86. The van der Waals surface area contributed by atoms with Crippen molar-refractivity contribution in [1.82, 2.24) is 4.98 Å². The second-order valence-electron chi connectivity index (χ2n) is 6.43. The molecule has 2 aromatic rings. The Labute approximate surface area is 132 Å². The average Bonchev–Trinajstić information content (AvgIpc) is 2.44. The molecule has 0 aliphatic carbocycles. The minimum atomic E-state index is 0.178. The number of nitrogens with one attached hydrogen (secondary N) is 1. The third kappa shape index (κ3) is 3.32. The molecule has 0 atom stereocenters. The number of fused-ring (bicyclic) bond motifs is 1.